The molecule has 3 aromatic rings. The first-order valence-electron chi connectivity index (χ1n) is 11.9. The van der Waals surface area contributed by atoms with Gasteiger partial charge in [-0.1, -0.05) is 31.4 Å². The van der Waals surface area contributed by atoms with Crippen molar-refractivity contribution in [1.82, 2.24) is 19.7 Å². The van der Waals surface area contributed by atoms with Crippen LogP contribution in [0.1, 0.15) is 43.4 Å². The largest absolute Gasteiger partial charge is 0.497 e. The Morgan fingerprint density at radius 3 is 2.61 bits per heavy atom. The third-order valence-corrected chi connectivity index (χ3v) is 6.42. The van der Waals surface area contributed by atoms with Gasteiger partial charge in [-0.25, -0.2) is 4.98 Å². The number of nitrogens with one attached hydrogen (secondary N) is 1. The second kappa shape index (κ2) is 10.8. The minimum Gasteiger partial charge on any atom is -0.497 e. The van der Waals surface area contributed by atoms with E-state index >= 15 is 0 Å². The predicted molar refractivity (Wildman–Crippen MR) is 132 cm³/mol. The highest BCUT2D eigenvalue weighted by atomic mass is 16.5. The van der Waals surface area contributed by atoms with Crippen LogP contribution >= 0.6 is 0 Å². The zero-order chi connectivity index (χ0) is 23.2. The van der Waals surface area contributed by atoms with Crippen molar-refractivity contribution in [1.29, 1.82) is 0 Å². The number of hydrogen-bond donors (Lipinski definition) is 1. The summed E-state index contributed by atoms with van der Waals surface area (Å²) in [6, 6.07) is 10.5. The van der Waals surface area contributed by atoms with Gasteiger partial charge in [-0.2, -0.15) is 5.10 Å². The number of hydrogen-bond acceptors (Lipinski definition) is 6. The summed E-state index contributed by atoms with van der Waals surface area (Å²) in [5, 5.41) is 9.76. The summed E-state index contributed by atoms with van der Waals surface area (Å²) in [5.74, 6) is 1.62. The van der Waals surface area contributed by atoms with Gasteiger partial charge in [0, 0.05) is 31.1 Å². The molecule has 1 fully saturated rings. The number of aromatic nitrogens is 3. The van der Waals surface area contributed by atoms with Crippen molar-refractivity contribution in [2.75, 3.05) is 33.1 Å². The van der Waals surface area contributed by atoms with E-state index in [1.165, 1.54) is 32.1 Å². The van der Waals surface area contributed by atoms with E-state index in [9.17, 15) is 4.79 Å². The number of fused-ring (bicyclic) bond motifs is 1. The Kier molecular flexibility index (Phi) is 7.60. The second-order valence-electron chi connectivity index (χ2n) is 9.35. The SMILES string of the molecule is COc1ccc(Cn2nc(CC(C=O)CN(C)C)c3c(NC4CCCCC4)nccc32)cc1. The third kappa shape index (κ3) is 5.71. The molecule has 0 amide bonds. The highest BCUT2D eigenvalue weighted by Crippen LogP contribution is 2.30. The summed E-state index contributed by atoms with van der Waals surface area (Å²) in [6.07, 6.45) is 9.68. The van der Waals surface area contributed by atoms with Gasteiger partial charge in [0.15, 0.2) is 0 Å². The number of rotatable bonds is 10. The molecule has 0 spiro atoms. The van der Waals surface area contributed by atoms with E-state index in [1.54, 1.807) is 7.11 Å². The maximum atomic E-state index is 11.8. The molecule has 1 aliphatic rings. The minimum absolute atomic E-state index is 0.115. The molecule has 0 saturated heterocycles. The molecule has 1 aliphatic carbocycles. The highest BCUT2D eigenvalue weighted by molar-refractivity contribution is 5.92. The fraction of sp³-hybridized carbons (Fsp3) is 0.500. The van der Waals surface area contributed by atoms with Crippen LogP contribution in [0.15, 0.2) is 36.5 Å². The molecular formula is C26H35N5O2. The monoisotopic (exact) mass is 449 g/mol. The van der Waals surface area contributed by atoms with E-state index in [0.29, 0.717) is 25.6 Å². The number of nitrogens with zero attached hydrogens (tertiary/aromatic N) is 4. The topological polar surface area (TPSA) is 72.3 Å². The molecule has 7 nitrogen and oxygen atoms in total. The quantitative estimate of drug-likeness (QED) is 0.469. The van der Waals surface area contributed by atoms with Crippen molar-refractivity contribution in [2.45, 2.75) is 51.1 Å². The van der Waals surface area contributed by atoms with E-state index in [2.05, 4.69) is 22.3 Å². The zero-order valence-electron chi connectivity index (χ0n) is 20.0. The van der Waals surface area contributed by atoms with E-state index in [0.717, 1.165) is 40.0 Å². The van der Waals surface area contributed by atoms with Gasteiger partial charge in [0.05, 0.1) is 30.3 Å². The van der Waals surface area contributed by atoms with Crippen LogP contribution in [0.25, 0.3) is 10.9 Å². The third-order valence-electron chi connectivity index (χ3n) is 6.42. The summed E-state index contributed by atoms with van der Waals surface area (Å²) in [4.78, 5) is 18.6. The number of carbonyl (C=O) groups excluding carboxylic acids is 1. The van der Waals surface area contributed by atoms with Gasteiger partial charge in [0.1, 0.15) is 17.9 Å². The Morgan fingerprint density at radius 2 is 1.94 bits per heavy atom. The van der Waals surface area contributed by atoms with E-state index in [-0.39, 0.29) is 5.92 Å². The van der Waals surface area contributed by atoms with Gasteiger partial charge in [0.2, 0.25) is 0 Å². The van der Waals surface area contributed by atoms with Crippen LogP contribution < -0.4 is 10.1 Å². The molecule has 0 radical (unpaired) electrons. The molecule has 2 heterocycles. The Balaban J connectivity index is 1.70. The number of methoxy groups -OCH3 is 1. The lowest BCUT2D eigenvalue weighted by molar-refractivity contribution is -0.111. The van der Waals surface area contributed by atoms with Gasteiger partial charge in [-0.05, 0) is 50.7 Å². The highest BCUT2D eigenvalue weighted by Gasteiger charge is 2.22. The molecule has 1 N–H and O–H groups in total. The first-order valence-corrected chi connectivity index (χ1v) is 11.9. The van der Waals surface area contributed by atoms with Gasteiger partial charge < -0.3 is 19.7 Å². The standard InChI is InChI=1S/C26H35N5O2/c1-30(2)16-20(18-32)15-23-25-24(13-14-27-26(25)28-21-7-5-4-6-8-21)31(29-23)17-19-9-11-22(33-3)12-10-19/h9-14,18,20-21H,4-8,15-17H2,1-3H3,(H,27,28). The summed E-state index contributed by atoms with van der Waals surface area (Å²) >= 11 is 0. The van der Waals surface area contributed by atoms with Crippen LogP contribution in [0.5, 0.6) is 5.75 Å². The average molecular weight is 450 g/mol. The van der Waals surface area contributed by atoms with Gasteiger partial charge in [-0.3, -0.25) is 4.68 Å². The van der Waals surface area contributed by atoms with Crippen molar-refractivity contribution in [3.8, 4) is 5.75 Å². The second-order valence-corrected chi connectivity index (χ2v) is 9.35. The Morgan fingerprint density at radius 1 is 1.18 bits per heavy atom. The van der Waals surface area contributed by atoms with Crippen LogP contribution in [0, 0.1) is 5.92 Å². The first kappa shape index (κ1) is 23.2. The molecule has 7 heteroatoms. The van der Waals surface area contributed by atoms with Crippen molar-refractivity contribution < 1.29 is 9.53 Å². The molecule has 4 rings (SSSR count). The normalized spacial score (nSPS) is 15.6. The van der Waals surface area contributed by atoms with Crippen molar-refractivity contribution in [2.24, 2.45) is 5.92 Å². The molecule has 2 aromatic heterocycles. The van der Waals surface area contributed by atoms with Gasteiger partial charge in [-0.15, -0.1) is 0 Å². The molecular weight excluding hydrogens is 414 g/mol. The summed E-state index contributed by atoms with van der Waals surface area (Å²) in [6.45, 7) is 1.34. The van der Waals surface area contributed by atoms with Crippen LogP contribution in [-0.4, -0.2) is 59.7 Å². The molecule has 33 heavy (non-hydrogen) atoms. The van der Waals surface area contributed by atoms with Crippen LogP contribution in [0.3, 0.4) is 0 Å². The van der Waals surface area contributed by atoms with Crippen LogP contribution in [-0.2, 0) is 17.8 Å². The Bertz CT molecular complexity index is 1050. The molecule has 1 atom stereocenters. The van der Waals surface area contributed by atoms with Crippen molar-refractivity contribution in [3.05, 3.63) is 47.8 Å². The maximum absolute atomic E-state index is 11.8. The number of benzene rings is 1. The summed E-state index contributed by atoms with van der Waals surface area (Å²) in [5.41, 5.74) is 3.12. The summed E-state index contributed by atoms with van der Waals surface area (Å²) < 4.78 is 7.33. The number of carbonyl (C=O) groups is 1. The molecule has 0 aliphatic heterocycles. The van der Waals surface area contributed by atoms with E-state index in [4.69, 9.17) is 14.8 Å². The van der Waals surface area contributed by atoms with Crippen LogP contribution in [0.2, 0.25) is 0 Å². The van der Waals surface area contributed by atoms with E-state index in [1.807, 2.05) is 43.2 Å². The average Bonchev–Trinajstić information content (AvgIpc) is 3.17. The number of aldehydes is 1. The summed E-state index contributed by atoms with van der Waals surface area (Å²) in [7, 11) is 5.66. The molecule has 1 unspecified atom stereocenters. The maximum Gasteiger partial charge on any atom is 0.137 e. The number of anilines is 1. The fourth-order valence-corrected chi connectivity index (χ4v) is 4.79. The Labute approximate surface area is 196 Å². The van der Waals surface area contributed by atoms with Gasteiger partial charge >= 0.3 is 0 Å². The van der Waals surface area contributed by atoms with Crippen molar-refractivity contribution in [3.63, 3.8) is 0 Å². The fourth-order valence-electron chi connectivity index (χ4n) is 4.79. The zero-order valence-corrected chi connectivity index (χ0v) is 20.0. The minimum atomic E-state index is -0.115. The first-order chi connectivity index (χ1) is 16.1. The molecule has 1 aromatic carbocycles. The number of pyridine rings is 1. The van der Waals surface area contributed by atoms with Crippen molar-refractivity contribution >= 4 is 23.0 Å². The van der Waals surface area contributed by atoms with Crippen LogP contribution in [0.4, 0.5) is 5.82 Å². The lowest BCUT2D eigenvalue weighted by Crippen LogP contribution is -2.25. The van der Waals surface area contributed by atoms with E-state index < -0.39 is 0 Å². The predicted octanol–water partition coefficient (Wildman–Crippen LogP) is 4.15. The molecule has 0 bridgehead atoms. The smallest absolute Gasteiger partial charge is 0.137 e. The number of ether oxygens (including phenoxy) is 1. The lowest BCUT2D eigenvalue weighted by atomic mass is 9.95. The lowest BCUT2D eigenvalue weighted by Gasteiger charge is -2.23. The molecule has 1 saturated carbocycles. The van der Waals surface area contributed by atoms with Gasteiger partial charge in [0.25, 0.3) is 0 Å². The molecule has 176 valence electrons. The Hall–Kier alpha value is -2.93.